The molecule has 0 atom stereocenters. The van der Waals surface area contributed by atoms with Crippen LogP contribution >= 0.6 is 0 Å². The highest BCUT2D eigenvalue weighted by Gasteiger charge is 2.04. The highest BCUT2D eigenvalue weighted by molar-refractivity contribution is 7.89. The van der Waals surface area contributed by atoms with E-state index in [2.05, 4.69) is 13.2 Å². The van der Waals surface area contributed by atoms with E-state index in [0.29, 0.717) is 5.69 Å². The molecule has 15 heavy (non-hydrogen) atoms. The topological polar surface area (TPSA) is 86.2 Å². The normalized spacial score (nSPS) is 9.67. The smallest absolute Gasteiger partial charge is 0.238 e. The SMILES string of the molecule is C=CC=C.Nc1ccc(S(N)(=O)=O)cc1. The minimum Gasteiger partial charge on any atom is -0.399 e. The number of nitrogens with two attached hydrogens (primary N) is 2. The van der Waals surface area contributed by atoms with Gasteiger partial charge in [0.05, 0.1) is 4.90 Å². The number of allylic oxidation sites excluding steroid dienone is 2. The van der Waals surface area contributed by atoms with E-state index in [1.807, 2.05) is 0 Å². The Morgan fingerprint density at radius 3 is 1.73 bits per heavy atom. The van der Waals surface area contributed by atoms with Gasteiger partial charge in [0, 0.05) is 5.69 Å². The molecule has 0 aromatic heterocycles. The number of primary sulfonamides is 1. The third-order valence-corrected chi connectivity index (χ3v) is 2.30. The summed E-state index contributed by atoms with van der Waals surface area (Å²) in [5.74, 6) is 0. The van der Waals surface area contributed by atoms with Gasteiger partial charge in [0.1, 0.15) is 0 Å². The Hall–Kier alpha value is -1.59. The molecule has 4 N–H and O–H groups in total. The Morgan fingerprint density at radius 1 is 1.07 bits per heavy atom. The van der Waals surface area contributed by atoms with Crippen LogP contribution in [0.5, 0.6) is 0 Å². The van der Waals surface area contributed by atoms with Crippen molar-refractivity contribution in [3.63, 3.8) is 0 Å². The van der Waals surface area contributed by atoms with E-state index in [-0.39, 0.29) is 4.90 Å². The number of hydrogen-bond donors (Lipinski definition) is 2. The summed E-state index contributed by atoms with van der Waals surface area (Å²) in [4.78, 5) is 0.0756. The zero-order valence-electron chi connectivity index (χ0n) is 8.26. The second-order valence-corrected chi connectivity index (χ2v) is 4.15. The molecule has 0 amide bonds. The van der Waals surface area contributed by atoms with E-state index < -0.39 is 10.0 Å². The first-order valence-corrected chi connectivity index (χ1v) is 5.58. The van der Waals surface area contributed by atoms with E-state index in [1.165, 1.54) is 24.3 Å². The van der Waals surface area contributed by atoms with Gasteiger partial charge in [-0.1, -0.05) is 25.3 Å². The highest BCUT2D eigenvalue weighted by atomic mass is 32.2. The van der Waals surface area contributed by atoms with Crippen LogP contribution in [0.15, 0.2) is 54.5 Å². The quantitative estimate of drug-likeness (QED) is 0.588. The van der Waals surface area contributed by atoms with E-state index in [9.17, 15) is 8.42 Å². The lowest BCUT2D eigenvalue weighted by Crippen LogP contribution is -2.11. The van der Waals surface area contributed by atoms with E-state index in [1.54, 1.807) is 12.2 Å². The maximum Gasteiger partial charge on any atom is 0.238 e. The molecule has 0 saturated heterocycles. The molecule has 1 aromatic carbocycles. The van der Waals surface area contributed by atoms with Crippen molar-refractivity contribution in [2.75, 3.05) is 5.73 Å². The second kappa shape index (κ2) is 6.00. The molecule has 0 radical (unpaired) electrons. The van der Waals surface area contributed by atoms with Gasteiger partial charge in [-0.2, -0.15) is 0 Å². The molecule has 0 bridgehead atoms. The molecule has 0 heterocycles. The molecule has 0 spiro atoms. The minimum absolute atomic E-state index is 0.0756. The summed E-state index contributed by atoms with van der Waals surface area (Å²) in [5.41, 5.74) is 5.85. The maximum absolute atomic E-state index is 10.7. The van der Waals surface area contributed by atoms with Gasteiger partial charge < -0.3 is 5.73 Å². The molecule has 5 heteroatoms. The summed E-state index contributed by atoms with van der Waals surface area (Å²) < 4.78 is 21.4. The van der Waals surface area contributed by atoms with Crippen LogP contribution in [0.1, 0.15) is 0 Å². The summed E-state index contributed by atoms with van der Waals surface area (Å²) in [6, 6.07) is 5.70. The number of rotatable bonds is 2. The lowest BCUT2D eigenvalue weighted by molar-refractivity contribution is 0.598. The van der Waals surface area contributed by atoms with Gasteiger partial charge in [0.15, 0.2) is 0 Å². The van der Waals surface area contributed by atoms with Gasteiger partial charge in [0.2, 0.25) is 10.0 Å². The van der Waals surface area contributed by atoms with Crippen LogP contribution in [0.3, 0.4) is 0 Å². The van der Waals surface area contributed by atoms with Crippen molar-refractivity contribution in [2.24, 2.45) is 5.14 Å². The summed E-state index contributed by atoms with van der Waals surface area (Å²) >= 11 is 0. The molecule has 4 nitrogen and oxygen atoms in total. The summed E-state index contributed by atoms with van der Waals surface area (Å²) in [5, 5.41) is 4.84. The second-order valence-electron chi connectivity index (χ2n) is 2.59. The third-order valence-electron chi connectivity index (χ3n) is 1.38. The first-order valence-electron chi connectivity index (χ1n) is 4.03. The molecule has 1 aromatic rings. The van der Waals surface area contributed by atoms with Crippen molar-refractivity contribution >= 4 is 15.7 Å². The predicted molar refractivity (Wildman–Crippen MR) is 62.6 cm³/mol. The van der Waals surface area contributed by atoms with Crippen molar-refractivity contribution in [3.8, 4) is 0 Å². The van der Waals surface area contributed by atoms with E-state index in [4.69, 9.17) is 10.9 Å². The average Bonchev–Trinajstić information content (AvgIpc) is 2.17. The fraction of sp³-hybridized carbons (Fsp3) is 0. The Morgan fingerprint density at radius 2 is 1.47 bits per heavy atom. The largest absolute Gasteiger partial charge is 0.399 e. The molecular weight excluding hydrogens is 212 g/mol. The monoisotopic (exact) mass is 226 g/mol. The van der Waals surface area contributed by atoms with Crippen molar-refractivity contribution in [2.45, 2.75) is 4.90 Å². The standard InChI is InChI=1S/C6H8N2O2S.C4H6/c7-5-1-3-6(4-2-5)11(8,9)10;1-3-4-2/h1-4H,7H2,(H2,8,9,10);3-4H,1-2H2. The van der Waals surface area contributed by atoms with Crippen LogP contribution in [0, 0.1) is 0 Å². The van der Waals surface area contributed by atoms with Crippen molar-refractivity contribution in [3.05, 3.63) is 49.6 Å². The molecule has 1 rings (SSSR count). The van der Waals surface area contributed by atoms with Crippen molar-refractivity contribution in [1.82, 2.24) is 0 Å². The maximum atomic E-state index is 10.7. The minimum atomic E-state index is -3.58. The average molecular weight is 226 g/mol. The van der Waals surface area contributed by atoms with Gasteiger partial charge in [-0.25, -0.2) is 13.6 Å². The predicted octanol–water partition coefficient (Wildman–Crippen LogP) is 1.27. The first kappa shape index (κ1) is 13.4. The Balaban J connectivity index is 0.000000423. The van der Waals surface area contributed by atoms with Gasteiger partial charge in [-0.05, 0) is 24.3 Å². The number of sulfonamides is 1. The summed E-state index contributed by atoms with van der Waals surface area (Å²) in [7, 11) is -3.58. The van der Waals surface area contributed by atoms with Crippen LogP contribution in [0.4, 0.5) is 5.69 Å². The van der Waals surface area contributed by atoms with Crippen molar-refractivity contribution in [1.29, 1.82) is 0 Å². The third kappa shape index (κ3) is 5.66. The number of benzene rings is 1. The number of hydrogen-bond acceptors (Lipinski definition) is 3. The Kier molecular flexibility index (Phi) is 5.36. The zero-order valence-corrected chi connectivity index (χ0v) is 9.07. The van der Waals surface area contributed by atoms with Crippen LogP contribution in [0.25, 0.3) is 0 Å². The highest BCUT2D eigenvalue weighted by Crippen LogP contribution is 2.08. The first-order chi connectivity index (χ1) is 6.91. The fourth-order valence-corrected chi connectivity index (χ4v) is 1.17. The van der Waals surface area contributed by atoms with Gasteiger partial charge in [-0.15, -0.1) is 0 Å². The molecule has 82 valence electrons. The van der Waals surface area contributed by atoms with E-state index >= 15 is 0 Å². The molecule has 0 unspecified atom stereocenters. The van der Waals surface area contributed by atoms with Gasteiger partial charge >= 0.3 is 0 Å². The fourth-order valence-electron chi connectivity index (χ4n) is 0.658. The van der Waals surface area contributed by atoms with E-state index in [0.717, 1.165) is 0 Å². The van der Waals surface area contributed by atoms with Crippen molar-refractivity contribution < 1.29 is 8.42 Å². The molecule has 0 saturated carbocycles. The van der Waals surface area contributed by atoms with Gasteiger partial charge in [-0.3, -0.25) is 0 Å². The number of nitrogen functional groups attached to an aromatic ring is 1. The van der Waals surface area contributed by atoms with Gasteiger partial charge in [0.25, 0.3) is 0 Å². The lowest BCUT2D eigenvalue weighted by atomic mass is 10.3. The zero-order chi connectivity index (χ0) is 11.9. The van der Waals surface area contributed by atoms with Crippen LogP contribution < -0.4 is 10.9 Å². The lowest BCUT2D eigenvalue weighted by Gasteiger charge is -1.96. The summed E-state index contributed by atoms with van der Waals surface area (Å²) in [6.07, 6.45) is 3.28. The Bertz CT molecular complexity index is 415. The molecule has 0 aliphatic heterocycles. The Labute approximate surface area is 90.0 Å². The molecular formula is C10H14N2O2S. The molecule has 0 aliphatic carbocycles. The summed E-state index contributed by atoms with van der Waals surface area (Å²) in [6.45, 7) is 6.72. The molecule has 0 aliphatic rings. The molecule has 0 fully saturated rings. The van der Waals surface area contributed by atoms with Crippen LogP contribution in [-0.4, -0.2) is 8.42 Å². The van der Waals surface area contributed by atoms with Crippen LogP contribution in [-0.2, 0) is 10.0 Å². The van der Waals surface area contributed by atoms with Crippen LogP contribution in [0.2, 0.25) is 0 Å². The number of anilines is 1.